The van der Waals surface area contributed by atoms with E-state index in [0.717, 1.165) is 25.2 Å². The number of nitrogens with one attached hydrogen (secondary N) is 1. The maximum absolute atomic E-state index is 12.4. The molecule has 0 unspecified atom stereocenters. The Kier molecular flexibility index (Phi) is 3.47. The largest absolute Gasteiger partial charge is 0.489 e. The summed E-state index contributed by atoms with van der Waals surface area (Å²) in [6, 6.07) is 5.86. The Morgan fingerprint density at radius 1 is 1.05 bits per heavy atom. The van der Waals surface area contributed by atoms with E-state index in [4.69, 9.17) is 9.47 Å². The van der Waals surface area contributed by atoms with E-state index < -0.39 is 0 Å². The third-order valence-electron chi connectivity index (χ3n) is 5.17. The number of ether oxygens (including phenoxy) is 2. The zero-order valence-corrected chi connectivity index (χ0v) is 12.9. The summed E-state index contributed by atoms with van der Waals surface area (Å²) in [5, 5.41) is 3.15. The first-order chi connectivity index (χ1) is 10.7. The van der Waals surface area contributed by atoms with Crippen LogP contribution in [0.25, 0.3) is 0 Å². The molecule has 0 aromatic heterocycles. The normalized spacial score (nSPS) is 22.9. The second-order valence-corrected chi connectivity index (χ2v) is 7.05. The number of carbonyl (C=O) groups is 1. The molecule has 2 aliphatic carbocycles. The third-order valence-corrected chi connectivity index (χ3v) is 5.17. The summed E-state index contributed by atoms with van der Waals surface area (Å²) in [5.74, 6) is 1.47. The van der Waals surface area contributed by atoms with Crippen molar-refractivity contribution < 1.29 is 14.3 Å². The van der Waals surface area contributed by atoms with Crippen molar-refractivity contribution in [3.63, 3.8) is 0 Å². The van der Waals surface area contributed by atoms with Crippen molar-refractivity contribution in [2.24, 2.45) is 5.41 Å². The van der Waals surface area contributed by atoms with Gasteiger partial charge in [0.15, 0.2) is 11.5 Å². The lowest BCUT2D eigenvalue weighted by molar-refractivity contribution is 0.0927. The summed E-state index contributed by atoms with van der Waals surface area (Å²) in [6.07, 6.45) is 8.27. The van der Waals surface area contributed by atoms with E-state index in [1.165, 1.54) is 32.1 Å². The van der Waals surface area contributed by atoms with Gasteiger partial charge in [0.05, 0.1) is 13.2 Å². The highest BCUT2D eigenvalue weighted by Gasteiger charge is 2.46. The fourth-order valence-electron chi connectivity index (χ4n) is 3.37. The SMILES string of the molecule is O=C(NC1CCCCC1)c1ccc2c(c1)OCC1(CC1)CO2. The lowest BCUT2D eigenvalue weighted by Crippen LogP contribution is -2.36. The molecule has 0 saturated heterocycles. The van der Waals surface area contributed by atoms with Gasteiger partial charge in [-0.2, -0.15) is 0 Å². The van der Waals surface area contributed by atoms with Gasteiger partial charge in [-0.25, -0.2) is 0 Å². The van der Waals surface area contributed by atoms with Gasteiger partial charge in [-0.15, -0.1) is 0 Å². The van der Waals surface area contributed by atoms with Crippen LogP contribution in [0.4, 0.5) is 0 Å². The molecule has 1 spiro atoms. The second kappa shape index (κ2) is 5.49. The smallest absolute Gasteiger partial charge is 0.251 e. The van der Waals surface area contributed by atoms with Crippen LogP contribution in [-0.4, -0.2) is 25.2 Å². The first kappa shape index (κ1) is 13.9. The molecule has 1 aromatic carbocycles. The van der Waals surface area contributed by atoms with Gasteiger partial charge < -0.3 is 14.8 Å². The first-order valence-electron chi connectivity index (χ1n) is 8.45. The summed E-state index contributed by atoms with van der Waals surface area (Å²) in [5.41, 5.74) is 0.892. The van der Waals surface area contributed by atoms with Crippen molar-refractivity contribution in [3.05, 3.63) is 23.8 Å². The van der Waals surface area contributed by atoms with Crippen molar-refractivity contribution >= 4 is 5.91 Å². The van der Waals surface area contributed by atoms with Crippen LogP contribution in [0, 0.1) is 5.41 Å². The molecule has 118 valence electrons. The first-order valence-corrected chi connectivity index (χ1v) is 8.45. The summed E-state index contributed by atoms with van der Waals surface area (Å²) < 4.78 is 11.8. The van der Waals surface area contributed by atoms with E-state index in [0.29, 0.717) is 24.0 Å². The summed E-state index contributed by atoms with van der Waals surface area (Å²) in [6.45, 7) is 1.43. The van der Waals surface area contributed by atoms with Gasteiger partial charge in [0, 0.05) is 17.0 Å². The molecule has 1 N–H and O–H groups in total. The number of rotatable bonds is 2. The maximum Gasteiger partial charge on any atom is 0.251 e. The van der Waals surface area contributed by atoms with E-state index in [1.807, 2.05) is 18.2 Å². The topological polar surface area (TPSA) is 47.6 Å². The number of amides is 1. The van der Waals surface area contributed by atoms with Gasteiger partial charge in [0.2, 0.25) is 0 Å². The highest BCUT2D eigenvalue weighted by Crippen LogP contribution is 2.49. The van der Waals surface area contributed by atoms with Gasteiger partial charge in [0.1, 0.15) is 0 Å². The molecule has 1 aliphatic heterocycles. The Labute approximate surface area is 131 Å². The Hall–Kier alpha value is -1.71. The Balaban J connectivity index is 1.46. The van der Waals surface area contributed by atoms with Crippen LogP contribution in [0.1, 0.15) is 55.3 Å². The fraction of sp³-hybridized carbons (Fsp3) is 0.611. The highest BCUT2D eigenvalue weighted by molar-refractivity contribution is 5.95. The highest BCUT2D eigenvalue weighted by atomic mass is 16.5. The van der Waals surface area contributed by atoms with E-state index in [9.17, 15) is 4.79 Å². The number of benzene rings is 1. The number of hydrogen-bond donors (Lipinski definition) is 1. The van der Waals surface area contributed by atoms with E-state index in [2.05, 4.69) is 5.32 Å². The number of hydrogen-bond acceptors (Lipinski definition) is 3. The summed E-state index contributed by atoms with van der Waals surface area (Å²) >= 11 is 0. The maximum atomic E-state index is 12.4. The minimum atomic E-state index is 0.00341. The molecular formula is C18H23NO3. The quantitative estimate of drug-likeness (QED) is 0.911. The number of carbonyl (C=O) groups excluding carboxylic acids is 1. The van der Waals surface area contributed by atoms with Gasteiger partial charge in [0.25, 0.3) is 5.91 Å². The van der Waals surface area contributed by atoms with Gasteiger partial charge in [-0.1, -0.05) is 19.3 Å². The molecule has 2 fully saturated rings. The monoisotopic (exact) mass is 301 g/mol. The zero-order chi connectivity index (χ0) is 15.0. The third kappa shape index (κ3) is 2.79. The van der Waals surface area contributed by atoms with Gasteiger partial charge in [-0.3, -0.25) is 4.79 Å². The Morgan fingerprint density at radius 3 is 2.50 bits per heavy atom. The molecule has 0 atom stereocenters. The fourth-order valence-corrected chi connectivity index (χ4v) is 3.37. The molecule has 0 radical (unpaired) electrons. The second-order valence-electron chi connectivity index (χ2n) is 7.05. The Bertz CT molecular complexity index is 574. The molecule has 2 saturated carbocycles. The number of fused-ring (bicyclic) bond motifs is 1. The lowest BCUT2D eigenvalue weighted by Gasteiger charge is -2.22. The molecule has 1 heterocycles. The average Bonchev–Trinajstić information content (AvgIpc) is 3.35. The predicted octanol–water partition coefficient (Wildman–Crippen LogP) is 3.30. The molecule has 1 amide bonds. The van der Waals surface area contributed by atoms with Crippen molar-refractivity contribution in [2.75, 3.05) is 13.2 Å². The van der Waals surface area contributed by atoms with Crippen LogP contribution in [0.5, 0.6) is 11.5 Å². The van der Waals surface area contributed by atoms with Crippen molar-refractivity contribution in [1.29, 1.82) is 0 Å². The molecule has 3 aliphatic rings. The molecule has 4 nitrogen and oxygen atoms in total. The molecule has 4 rings (SSSR count). The van der Waals surface area contributed by atoms with Gasteiger partial charge in [-0.05, 0) is 43.9 Å². The molecular weight excluding hydrogens is 278 g/mol. The summed E-state index contributed by atoms with van der Waals surface area (Å²) in [7, 11) is 0. The van der Waals surface area contributed by atoms with E-state index in [1.54, 1.807) is 0 Å². The molecule has 22 heavy (non-hydrogen) atoms. The molecule has 1 aromatic rings. The molecule has 4 heteroatoms. The molecule has 0 bridgehead atoms. The van der Waals surface area contributed by atoms with E-state index >= 15 is 0 Å². The van der Waals surface area contributed by atoms with Crippen LogP contribution >= 0.6 is 0 Å². The van der Waals surface area contributed by atoms with Crippen LogP contribution in [0.2, 0.25) is 0 Å². The van der Waals surface area contributed by atoms with Gasteiger partial charge >= 0.3 is 0 Å². The zero-order valence-electron chi connectivity index (χ0n) is 12.9. The van der Waals surface area contributed by atoms with Crippen LogP contribution in [0.15, 0.2) is 18.2 Å². The van der Waals surface area contributed by atoms with Crippen molar-refractivity contribution in [1.82, 2.24) is 5.32 Å². The van der Waals surface area contributed by atoms with Crippen LogP contribution in [-0.2, 0) is 0 Å². The summed E-state index contributed by atoms with van der Waals surface area (Å²) in [4.78, 5) is 12.4. The standard InChI is InChI=1S/C18H23NO3/c20-17(19-14-4-2-1-3-5-14)13-6-7-15-16(10-13)22-12-18(8-9-18)11-21-15/h6-7,10,14H,1-5,8-9,11-12H2,(H,19,20). The Morgan fingerprint density at radius 2 is 1.77 bits per heavy atom. The lowest BCUT2D eigenvalue weighted by atomic mass is 9.95. The average molecular weight is 301 g/mol. The predicted molar refractivity (Wildman–Crippen MR) is 83.4 cm³/mol. The van der Waals surface area contributed by atoms with Crippen LogP contribution < -0.4 is 14.8 Å². The minimum Gasteiger partial charge on any atom is -0.489 e. The van der Waals surface area contributed by atoms with Crippen molar-refractivity contribution in [2.45, 2.75) is 51.0 Å². The van der Waals surface area contributed by atoms with E-state index in [-0.39, 0.29) is 11.3 Å². The van der Waals surface area contributed by atoms with Crippen molar-refractivity contribution in [3.8, 4) is 11.5 Å². The van der Waals surface area contributed by atoms with Crippen LogP contribution in [0.3, 0.4) is 0 Å². The minimum absolute atomic E-state index is 0.00341.